The van der Waals surface area contributed by atoms with Crippen LogP contribution in [0.4, 0.5) is 11.4 Å². The minimum absolute atomic E-state index is 0.0809. The third-order valence-electron chi connectivity index (χ3n) is 5.03. The summed E-state index contributed by atoms with van der Waals surface area (Å²) in [5, 5.41) is 19.3. The van der Waals surface area contributed by atoms with Crippen molar-refractivity contribution >= 4 is 46.2 Å². The molecule has 0 radical (unpaired) electrons. The number of benzene rings is 2. The van der Waals surface area contributed by atoms with Crippen molar-refractivity contribution in [2.24, 2.45) is 0 Å². The first-order valence-electron chi connectivity index (χ1n) is 8.15. The molecule has 2 aliphatic rings. The topological polar surface area (TPSA) is 67.6 Å². The quantitative estimate of drug-likeness (QED) is 0.794. The molecule has 130 valence electrons. The second kappa shape index (κ2) is 5.97. The molecule has 1 saturated carbocycles. The average molecular weight is 384 g/mol. The molecule has 0 atom stereocenters. The summed E-state index contributed by atoms with van der Waals surface area (Å²) in [7, 11) is 0. The van der Waals surface area contributed by atoms with Gasteiger partial charge in [-0.1, -0.05) is 11.6 Å². The highest BCUT2D eigenvalue weighted by molar-refractivity contribution is 7.81. The number of nitriles is 1. The first-order chi connectivity index (χ1) is 12.5. The lowest BCUT2D eigenvalue weighted by Crippen LogP contribution is -2.55. The predicted octanol–water partition coefficient (Wildman–Crippen LogP) is 3.98. The first-order valence-corrected chi connectivity index (χ1v) is 8.94. The Morgan fingerprint density at radius 2 is 1.81 bits per heavy atom. The summed E-state index contributed by atoms with van der Waals surface area (Å²) >= 11 is 11.8. The molecule has 1 amide bonds. The van der Waals surface area contributed by atoms with Crippen molar-refractivity contribution in [1.29, 1.82) is 5.26 Å². The Labute approximate surface area is 161 Å². The maximum Gasteiger partial charge on any atom is 0.259 e. The molecule has 1 N–H and O–H groups in total. The predicted molar refractivity (Wildman–Crippen MR) is 103 cm³/mol. The summed E-state index contributed by atoms with van der Waals surface area (Å²) in [6.07, 6.45) is 2.38. The fourth-order valence-electron chi connectivity index (χ4n) is 3.54. The second-order valence-electron chi connectivity index (χ2n) is 6.44. The van der Waals surface area contributed by atoms with Gasteiger partial charge in [0.25, 0.3) is 5.91 Å². The van der Waals surface area contributed by atoms with Crippen LogP contribution < -0.4 is 9.80 Å². The van der Waals surface area contributed by atoms with Crippen LogP contribution in [0.3, 0.4) is 0 Å². The number of anilines is 2. The van der Waals surface area contributed by atoms with Gasteiger partial charge in [-0.05, 0) is 73.9 Å². The van der Waals surface area contributed by atoms with Gasteiger partial charge in [-0.15, -0.1) is 0 Å². The van der Waals surface area contributed by atoms with Crippen LogP contribution in [0.15, 0.2) is 42.5 Å². The Morgan fingerprint density at radius 3 is 2.35 bits per heavy atom. The van der Waals surface area contributed by atoms with Crippen LogP contribution in [0.25, 0.3) is 0 Å². The van der Waals surface area contributed by atoms with E-state index in [0.717, 1.165) is 12.1 Å². The zero-order valence-electron chi connectivity index (χ0n) is 13.6. The number of phenolic OH excluding ortho intramolecular Hbond substituents is 1. The highest BCUT2D eigenvalue weighted by Crippen LogP contribution is 2.48. The summed E-state index contributed by atoms with van der Waals surface area (Å²) < 4.78 is 0. The number of halogens is 1. The first kappa shape index (κ1) is 16.8. The molecule has 26 heavy (non-hydrogen) atoms. The molecule has 1 aliphatic heterocycles. The van der Waals surface area contributed by atoms with Crippen molar-refractivity contribution in [2.75, 3.05) is 9.80 Å². The lowest BCUT2D eigenvalue weighted by molar-refractivity contribution is -0.123. The molecule has 1 saturated heterocycles. The molecule has 2 fully saturated rings. The van der Waals surface area contributed by atoms with E-state index in [1.165, 1.54) is 4.90 Å². The number of carbonyl (C=O) groups excluding carboxylic acids is 1. The van der Waals surface area contributed by atoms with E-state index in [1.54, 1.807) is 42.5 Å². The summed E-state index contributed by atoms with van der Waals surface area (Å²) in [6, 6.07) is 13.5. The Balaban J connectivity index is 1.80. The molecule has 5 nitrogen and oxygen atoms in total. The van der Waals surface area contributed by atoms with Crippen molar-refractivity contribution in [3.8, 4) is 11.8 Å². The second-order valence-corrected chi connectivity index (χ2v) is 7.21. The van der Waals surface area contributed by atoms with Gasteiger partial charge in [-0.2, -0.15) is 5.26 Å². The zero-order chi connectivity index (χ0) is 18.5. The summed E-state index contributed by atoms with van der Waals surface area (Å²) in [5.74, 6) is 0.0752. The maximum atomic E-state index is 13.3. The average Bonchev–Trinajstić information content (AvgIpc) is 2.83. The van der Waals surface area contributed by atoms with Gasteiger partial charge < -0.3 is 10.0 Å². The largest absolute Gasteiger partial charge is 0.508 e. The van der Waals surface area contributed by atoms with Gasteiger partial charge in [-0.3, -0.25) is 9.69 Å². The number of hydrogen-bond donors (Lipinski definition) is 1. The standard InChI is InChI=1S/C19H14ClN3O2S/c20-16-10-14(3-2-12(16)11-21)22-17(25)19(8-1-9-19)23(18(22)26)13-4-6-15(24)7-5-13/h2-7,10,24H,1,8-9H2. The fourth-order valence-corrected chi connectivity index (χ4v) is 4.23. The van der Waals surface area contributed by atoms with Crippen LogP contribution in [-0.2, 0) is 4.79 Å². The number of amides is 1. The number of rotatable bonds is 2. The highest BCUT2D eigenvalue weighted by atomic mass is 35.5. The van der Waals surface area contributed by atoms with Gasteiger partial charge in [0.2, 0.25) is 0 Å². The van der Waals surface area contributed by atoms with Gasteiger partial charge in [0.05, 0.1) is 16.3 Å². The molecular weight excluding hydrogens is 370 g/mol. The zero-order valence-corrected chi connectivity index (χ0v) is 15.2. The third kappa shape index (κ3) is 2.28. The molecule has 7 heteroatoms. The number of carbonyl (C=O) groups is 1. The summed E-state index contributed by atoms with van der Waals surface area (Å²) in [4.78, 5) is 16.6. The van der Waals surface area contributed by atoms with E-state index < -0.39 is 5.54 Å². The van der Waals surface area contributed by atoms with E-state index >= 15 is 0 Å². The van der Waals surface area contributed by atoms with E-state index in [1.807, 2.05) is 11.0 Å². The van der Waals surface area contributed by atoms with Crippen molar-refractivity contribution in [1.82, 2.24) is 0 Å². The van der Waals surface area contributed by atoms with Crippen molar-refractivity contribution in [2.45, 2.75) is 24.8 Å². The molecule has 1 heterocycles. The van der Waals surface area contributed by atoms with Crippen LogP contribution in [0.2, 0.25) is 5.02 Å². The van der Waals surface area contributed by atoms with Gasteiger partial charge in [-0.25, -0.2) is 0 Å². The Morgan fingerprint density at radius 1 is 1.15 bits per heavy atom. The summed E-state index contributed by atoms with van der Waals surface area (Å²) in [5.41, 5.74) is 0.982. The molecule has 2 aromatic carbocycles. The van der Waals surface area contributed by atoms with Gasteiger partial charge in [0, 0.05) is 5.69 Å². The van der Waals surface area contributed by atoms with Crippen molar-refractivity contribution in [3.05, 3.63) is 53.1 Å². The van der Waals surface area contributed by atoms with Gasteiger partial charge in [0.1, 0.15) is 17.4 Å². The Bertz CT molecular complexity index is 964. The maximum absolute atomic E-state index is 13.3. The molecule has 1 aliphatic carbocycles. The van der Waals surface area contributed by atoms with Crippen LogP contribution in [0.1, 0.15) is 24.8 Å². The normalized spacial score (nSPS) is 18.2. The molecule has 2 aromatic rings. The lowest BCUT2D eigenvalue weighted by atomic mass is 9.75. The molecule has 0 unspecified atom stereocenters. The number of nitrogens with zero attached hydrogens (tertiary/aromatic N) is 3. The minimum Gasteiger partial charge on any atom is -0.508 e. The molecule has 4 rings (SSSR count). The van der Waals surface area contributed by atoms with Crippen molar-refractivity contribution in [3.63, 3.8) is 0 Å². The SMILES string of the molecule is N#Cc1ccc(N2C(=O)C3(CCC3)N(c3ccc(O)cc3)C2=S)cc1Cl. The van der Waals surface area contributed by atoms with Gasteiger partial charge in [0.15, 0.2) is 5.11 Å². The Kier molecular flexibility index (Phi) is 3.87. The molecule has 0 aromatic heterocycles. The summed E-state index contributed by atoms with van der Waals surface area (Å²) in [6.45, 7) is 0. The Hall–Kier alpha value is -2.62. The monoisotopic (exact) mass is 383 g/mol. The molecule has 0 bridgehead atoms. The van der Waals surface area contributed by atoms with Gasteiger partial charge >= 0.3 is 0 Å². The molecule has 1 spiro atoms. The van der Waals surface area contributed by atoms with E-state index in [9.17, 15) is 9.90 Å². The van der Waals surface area contributed by atoms with Crippen molar-refractivity contribution < 1.29 is 9.90 Å². The lowest BCUT2D eigenvalue weighted by Gasteiger charge is -2.43. The molecular formula is C19H14ClN3O2S. The van der Waals surface area contributed by atoms with E-state index in [0.29, 0.717) is 29.2 Å². The van der Waals surface area contributed by atoms with Crippen LogP contribution in [0.5, 0.6) is 5.75 Å². The van der Waals surface area contributed by atoms with Crippen LogP contribution >= 0.6 is 23.8 Å². The smallest absolute Gasteiger partial charge is 0.259 e. The number of hydrogen-bond acceptors (Lipinski definition) is 4. The van der Waals surface area contributed by atoms with E-state index in [-0.39, 0.29) is 16.7 Å². The number of thiocarbonyl (C=S) groups is 1. The third-order valence-corrected chi connectivity index (χ3v) is 5.71. The fraction of sp³-hybridized carbons (Fsp3) is 0.211. The number of phenols is 1. The van der Waals surface area contributed by atoms with Crippen LogP contribution in [-0.4, -0.2) is 21.7 Å². The van der Waals surface area contributed by atoms with Crippen LogP contribution in [0, 0.1) is 11.3 Å². The number of aromatic hydroxyl groups is 1. The highest BCUT2D eigenvalue weighted by Gasteiger charge is 2.59. The minimum atomic E-state index is -0.686. The van der Waals surface area contributed by atoms with E-state index in [4.69, 9.17) is 29.1 Å². The van der Waals surface area contributed by atoms with E-state index in [2.05, 4.69) is 0 Å².